The molecular formula is C30H24F2N4O6S2. The lowest BCUT2D eigenvalue weighted by Gasteiger charge is -2.17. The Bertz CT molecular complexity index is 2290. The average Bonchev–Trinajstić information content (AvgIpc) is 3.43. The smallest absolute Gasteiger partial charge is 0.275 e. The van der Waals surface area contributed by atoms with E-state index >= 15 is 0 Å². The molecule has 5 rings (SSSR count). The lowest BCUT2D eigenvalue weighted by atomic mass is 10.00. The number of rotatable bonds is 8. The summed E-state index contributed by atoms with van der Waals surface area (Å²) in [6.07, 6.45) is 2.60. The molecule has 0 radical (unpaired) electrons. The van der Waals surface area contributed by atoms with Crippen molar-refractivity contribution in [3.63, 3.8) is 0 Å². The zero-order valence-corrected chi connectivity index (χ0v) is 25.1. The van der Waals surface area contributed by atoms with Crippen LogP contribution in [0, 0.1) is 29.9 Å². The zero-order chi connectivity index (χ0) is 32.0. The highest BCUT2D eigenvalue weighted by Crippen LogP contribution is 2.41. The van der Waals surface area contributed by atoms with Crippen molar-refractivity contribution in [2.45, 2.75) is 18.7 Å². The highest BCUT2D eigenvalue weighted by Gasteiger charge is 2.26. The second-order valence-electron chi connectivity index (χ2n) is 9.79. The largest absolute Gasteiger partial charge is 0.454 e. The number of aromatic nitrogens is 2. The van der Waals surface area contributed by atoms with Crippen LogP contribution in [0.2, 0.25) is 0 Å². The van der Waals surface area contributed by atoms with Crippen molar-refractivity contribution in [3.05, 3.63) is 106 Å². The molecule has 0 fully saturated rings. The van der Waals surface area contributed by atoms with Gasteiger partial charge in [0.25, 0.3) is 15.6 Å². The molecule has 0 amide bonds. The van der Waals surface area contributed by atoms with Gasteiger partial charge in [-0.2, -0.15) is 5.26 Å². The number of anilines is 1. The lowest BCUT2D eigenvalue weighted by molar-refractivity contribution is 0.439. The number of hydrogen-bond donors (Lipinski definition) is 1. The summed E-state index contributed by atoms with van der Waals surface area (Å²) in [5.74, 6) is -2.77. The van der Waals surface area contributed by atoms with E-state index in [4.69, 9.17) is 4.74 Å². The number of nitrogens with zero attached hydrogens (tertiary/aromatic N) is 3. The predicted octanol–water partition coefficient (Wildman–Crippen LogP) is 5.26. The third kappa shape index (κ3) is 5.43. The van der Waals surface area contributed by atoms with E-state index in [9.17, 15) is 35.7 Å². The van der Waals surface area contributed by atoms with Crippen molar-refractivity contribution in [3.8, 4) is 28.7 Å². The summed E-state index contributed by atoms with van der Waals surface area (Å²) < 4.78 is 90.8. The molecule has 10 nitrogen and oxygen atoms in total. The fourth-order valence-electron chi connectivity index (χ4n) is 4.66. The summed E-state index contributed by atoms with van der Waals surface area (Å²) in [5.41, 5.74) is -0.452. The summed E-state index contributed by atoms with van der Waals surface area (Å²) in [5, 5.41) is 9.97. The topological polar surface area (TPSA) is 140 Å². The first-order valence-electron chi connectivity index (χ1n) is 13.0. The van der Waals surface area contributed by atoms with Crippen LogP contribution in [0.5, 0.6) is 11.5 Å². The lowest BCUT2D eigenvalue weighted by Crippen LogP contribution is -2.22. The summed E-state index contributed by atoms with van der Waals surface area (Å²) in [6, 6.07) is 14.6. The molecule has 2 aromatic heterocycles. The Kier molecular flexibility index (Phi) is 7.79. The molecule has 0 aliphatic heterocycles. The third-order valence-corrected chi connectivity index (χ3v) is 10.0. The van der Waals surface area contributed by atoms with E-state index in [0.717, 1.165) is 20.7 Å². The van der Waals surface area contributed by atoms with Crippen LogP contribution < -0.4 is 15.0 Å². The number of halogens is 2. The molecular weight excluding hydrogens is 614 g/mol. The SMILES string of the molecule is CCS(=O)(=O)Nc1cc(-c2cn(C)c(=O)c3c2ccn3S(=O)(=O)c2ccccc2C)c(Oc2ccc(F)cc2F)cc1C#N. The Morgan fingerprint density at radius 1 is 0.977 bits per heavy atom. The fraction of sp³-hybridized carbons (Fsp3) is 0.133. The minimum Gasteiger partial charge on any atom is -0.454 e. The van der Waals surface area contributed by atoms with Crippen LogP contribution in [0.4, 0.5) is 14.5 Å². The molecule has 0 aliphatic carbocycles. The Morgan fingerprint density at radius 3 is 2.36 bits per heavy atom. The number of benzene rings is 3. The maximum Gasteiger partial charge on any atom is 0.275 e. The van der Waals surface area contributed by atoms with E-state index in [-0.39, 0.29) is 49.7 Å². The van der Waals surface area contributed by atoms with Gasteiger partial charge >= 0.3 is 0 Å². The first-order valence-corrected chi connectivity index (χ1v) is 16.1. The first kappa shape index (κ1) is 30.5. The Balaban J connectivity index is 1.83. The van der Waals surface area contributed by atoms with E-state index < -0.39 is 43.0 Å². The van der Waals surface area contributed by atoms with Crippen LogP contribution in [-0.4, -0.2) is 31.1 Å². The number of nitrogens with one attached hydrogen (secondary N) is 1. The Hall–Kier alpha value is -5.00. The molecule has 0 spiro atoms. The van der Waals surface area contributed by atoms with E-state index in [2.05, 4.69) is 4.72 Å². The van der Waals surface area contributed by atoms with Crippen LogP contribution in [0.15, 0.2) is 82.7 Å². The van der Waals surface area contributed by atoms with Gasteiger partial charge < -0.3 is 9.30 Å². The van der Waals surface area contributed by atoms with Crippen molar-refractivity contribution in [2.75, 3.05) is 10.5 Å². The quantitative estimate of drug-likeness (QED) is 0.245. The van der Waals surface area contributed by atoms with Crippen LogP contribution in [-0.2, 0) is 27.1 Å². The van der Waals surface area contributed by atoms with Gasteiger partial charge in [-0.3, -0.25) is 9.52 Å². The van der Waals surface area contributed by atoms with Crippen LogP contribution in [0.1, 0.15) is 18.1 Å². The van der Waals surface area contributed by atoms with Gasteiger partial charge in [-0.25, -0.2) is 29.6 Å². The van der Waals surface area contributed by atoms with Crippen molar-refractivity contribution in [1.29, 1.82) is 5.26 Å². The van der Waals surface area contributed by atoms with Gasteiger partial charge in [-0.1, -0.05) is 18.2 Å². The maximum absolute atomic E-state index is 14.7. The number of pyridine rings is 1. The molecule has 5 aromatic rings. The number of ether oxygens (including phenoxy) is 1. The van der Waals surface area contributed by atoms with Gasteiger partial charge in [0.2, 0.25) is 10.0 Å². The predicted molar refractivity (Wildman–Crippen MR) is 161 cm³/mol. The third-order valence-electron chi connectivity index (χ3n) is 6.91. The summed E-state index contributed by atoms with van der Waals surface area (Å²) in [7, 11) is -6.73. The molecule has 0 unspecified atom stereocenters. The molecule has 0 saturated carbocycles. The number of sulfonamides is 1. The zero-order valence-electron chi connectivity index (χ0n) is 23.5. The van der Waals surface area contributed by atoms with E-state index in [1.807, 2.05) is 6.07 Å². The first-order chi connectivity index (χ1) is 20.8. The summed E-state index contributed by atoms with van der Waals surface area (Å²) in [4.78, 5) is 13.4. The summed E-state index contributed by atoms with van der Waals surface area (Å²) >= 11 is 0. The Morgan fingerprint density at radius 2 is 1.70 bits per heavy atom. The normalized spacial score (nSPS) is 11.8. The second kappa shape index (κ2) is 11.3. The average molecular weight is 639 g/mol. The summed E-state index contributed by atoms with van der Waals surface area (Å²) in [6.45, 7) is 3.02. The number of hydrogen-bond acceptors (Lipinski definition) is 7. The van der Waals surface area contributed by atoms with E-state index in [1.54, 1.807) is 25.1 Å². The molecule has 3 aromatic carbocycles. The maximum atomic E-state index is 14.7. The standard InChI is InChI=1S/C30H24F2N4O6S2/c1-4-43(38,39)34-25-15-22(27(13-19(25)16-33)42-26-10-9-20(31)14-24(26)32)23-17-35(3)30(37)29-21(23)11-12-36(29)44(40,41)28-8-6-5-7-18(28)2/h5-15,17,34H,4H2,1-3H3. The van der Waals surface area contributed by atoms with Gasteiger partial charge in [0.05, 0.1) is 21.9 Å². The van der Waals surface area contributed by atoms with E-state index in [1.165, 1.54) is 50.6 Å². The van der Waals surface area contributed by atoms with Gasteiger partial charge in [0.1, 0.15) is 23.2 Å². The molecule has 1 N–H and O–H groups in total. The highest BCUT2D eigenvalue weighted by atomic mass is 32.2. The van der Waals surface area contributed by atoms with E-state index in [0.29, 0.717) is 11.6 Å². The van der Waals surface area contributed by atoms with Crippen molar-refractivity contribution >= 4 is 36.6 Å². The van der Waals surface area contributed by atoms with Crippen molar-refractivity contribution < 1.29 is 30.4 Å². The van der Waals surface area contributed by atoms with Gasteiger partial charge in [-0.15, -0.1) is 0 Å². The van der Waals surface area contributed by atoms with Crippen molar-refractivity contribution in [1.82, 2.24) is 8.54 Å². The molecule has 226 valence electrons. The molecule has 0 bridgehead atoms. The van der Waals surface area contributed by atoms with Crippen LogP contribution >= 0.6 is 0 Å². The molecule has 44 heavy (non-hydrogen) atoms. The van der Waals surface area contributed by atoms with Gasteiger partial charge in [0.15, 0.2) is 11.6 Å². The van der Waals surface area contributed by atoms with Crippen LogP contribution in [0.25, 0.3) is 22.0 Å². The molecule has 0 aliphatic rings. The minimum absolute atomic E-state index is 0.0182. The highest BCUT2D eigenvalue weighted by molar-refractivity contribution is 7.92. The monoisotopic (exact) mass is 638 g/mol. The molecule has 2 heterocycles. The molecule has 0 atom stereocenters. The Labute approximate surface area is 251 Å². The number of fused-ring (bicyclic) bond motifs is 1. The van der Waals surface area contributed by atoms with Gasteiger partial charge in [0, 0.05) is 48.1 Å². The number of nitriles is 1. The van der Waals surface area contributed by atoms with Crippen molar-refractivity contribution in [2.24, 2.45) is 7.05 Å². The fourth-order valence-corrected chi connectivity index (χ4v) is 6.89. The van der Waals surface area contributed by atoms with Crippen LogP contribution in [0.3, 0.4) is 0 Å². The minimum atomic E-state index is -4.25. The van der Waals surface area contributed by atoms with Gasteiger partial charge in [-0.05, 0) is 49.7 Å². The number of aryl methyl sites for hydroxylation is 2. The molecule has 14 heteroatoms. The molecule has 0 saturated heterocycles. The second-order valence-corrected chi connectivity index (χ2v) is 13.6.